The molecule has 168 valence electrons. The highest BCUT2D eigenvalue weighted by atomic mass is 16.5. The number of phenols is 1. The largest absolute Gasteiger partial charge is 0.508 e. The van der Waals surface area contributed by atoms with E-state index in [1.807, 2.05) is 26.0 Å². The van der Waals surface area contributed by atoms with Gasteiger partial charge < -0.3 is 14.9 Å². The number of hydrogen-bond acceptors (Lipinski definition) is 5. The molecule has 2 N–H and O–H groups in total. The maximum Gasteiger partial charge on any atom is 0.300 e. The van der Waals surface area contributed by atoms with Gasteiger partial charge in [-0.15, -0.1) is 0 Å². The van der Waals surface area contributed by atoms with E-state index in [9.17, 15) is 19.8 Å². The van der Waals surface area contributed by atoms with Crippen molar-refractivity contribution in [3.8, 4) is 11.5 Å². The van der Waals surface area contributed by atoms with E-state index >= 15 is 0 Å². The molecule has 6 heteroatoms. The first-order valence-electron chi connectivity index (χ1n) is 10.8. The third-order valence-electron chi connectivity index (χ3n) is 5.61. The lowest BCUT2D eigenvalue weighted by molar-refractivity contribution is -0.132. The second-order valence-corrected chi connectivity index (χ2v) is 7.92. The number of nitrogens with zero attached hydrogens (tertiary/aromatic N) is 1. The highest BCUT2D eigenvalue weighted by molar-refractivity contribution is 6.51. The predicted molar refractivity (Wildman–Crippen MR) is 126 cm³/mol. The molecule has 1 fully saturated rings. The second-order valence-electron chi connectivity index (χ2n) is 7.92. The molecule has 3 aromatic carbocycles. The van der Waals surface area contributed by atoms with E-state index in [0.717, 1.165) is 12.0 Å². The summed E-state index contributed by atoms with van der Waals surface area (Å²) in [7, 11) is 0. The van der Waals surface area contributed by atoms with E-state index < -0.39 is 17.7 Å². The number of Topliss-reactive ketones (excluding diaryl/α,β-unsaturated/α-hetero) is 1. The summed E-state index contributed by atoms with van der Waals surface area (Å²) in [5.41, 5.74) is 2.36. The lowest BCUT2D eigenvalue weighted by Gasteiger charge is -2.26. The summed E-state index contributed by atoms with van der Waals surface area (Å²) in [6.07, 6.45) is 0.832. The van der Waals surface area contributed by atoms with Crippen LogP contribution in [-0.4, -0.2) is 28.5 Å². The Morgan fingerprint density at radius 1 is 1.00 bits per heavy atom. The van der Waals surface area contributed by atoms with E-state index in [1.165, 1.54) is 17.0 Å². The molecule has 1 aliphatic heterocycles. The first-order valence-corrected chi connectivity index (χ1v) is 10.8. The minimum absolute atomic E-state index is 0.0124. The average Bonchev–Trinajstić information content (AvgIpc) is 3.08. The number of ether oxygens (including phenoxy) is 1. The van der Waals surface area contributed by atoms with Crippen LogP contribution in [0, 0.1) is 6.92 Å². The van der Waals surface area contributed by atoms with Crippen molar-refractivity contribution in [2.75, 3.05) is 11.5 Å². The molecule has 0 saturated carbocycles. The van der Waals surface area contributed by atoms with E-state index in [2.05, 4.69) is 0 Å². The van der Waals surface area contributed by atoms with Crippen LogP contribution >= 0.6 is 0 Å². The van der Waals surface area contributed by atoms with Crippen LogP contribution in [0.15, 0.2) is 78.4 Å². The molecule has 0 spiro atoms. The fraction of sp³-hybridized carbons (Fsp3) is 0.185. The first-order chi connectivity index (χ1) is 15.9. The van der Waals surface area contributed by atoms with Gasteiger partial charge in [-0.25, -0.2) is 0 Å². The monoisotopic (exact) mass is 443 g/mol. The van der Waals surface area contributed by atoms with Crippen LogP contribution in [-0.2, 0) is 9.59 Å². The van der Waals surface area contributed by atoms with Crippen molar-refractivity contribution >= 4 is 23.1 Å². The Bertz CT molecular complexity index is 1230. The third kappa shape index (κ3) is 4.20. The summed E-state index contributed by atoms with van der Waals surface area (Å²) < 4.78 is 5.66. The quantitative estimate of drug-likeness (QED) is 0.314. The van der Waals surface area contributed by atoms with Gasteiger partial charge in [-0.2, -0.15) is 0 Å². The molecule has 0 bridgehead atoms. The minimum Gasteiger partial charge on any atom is -0.508 e. The molecule has 0 aromatic heterocycles. The molecular formula is C27H25NO5. The molecular weight excluding hydrogens is 418 g/mol. The molecule has 33 heavy (non-hydrogen) atoms. The van der Waals surface area contributed by atoms with Crippen molar-refractivity contribution in [2.24, 2.45) is 0 Å². The fourth-order valence-electron chi connectivity index (χ4n) is 4.00. The number of amides is 1. The first kappa shape index (κ1) is 22.1. The van der Waals surface area contributed by atoms with Gasteiger partial charge in [-0.05, 0) is 54.8 Å². The van der Waals surface area contributed by atoms with Crippen molar-refractivity contribution in [3.05, 3.63) is 95.1 Å². The Balaban J connectivity index is 1.90. The molecule has 4 rings (SSSR count). The Labute approximate surface area is 192 Å². The molecule has 1 saturated heterocycles. The maximum absolute atomic E-state index is 13.2. The van der Waals surface area contributed by atoms with Crippen LogP contribution in [0.25, 0.3) is 5.76 Å². The summed E-state index contributed by atoms with van der Waals surface area (Å²) >= 11 is 0. The Kier molecular flexibility index (Phi) is 6.18. The van der Waals surface area contributed by atoms with Crippen LogP contribution in [0.5, 0.6) is 11.5 Å². The van der Waals surface area contributed by atoms with Gasteiger partial charge in [0.1, 0.15) is 17.3 Å². The Morgan fingerprint density at radius 2 is 1.73 bits per heavy atom. The number of anilines is 1. The smallest absolute Gasteiger partial charge is 0.300 e. The van der Waals surface area contributed by atoms with E-state index in [-0.39, 0.29) is 17.1 Å². The van der Waals surface area contributed by atoms with Gasteiger partial charge in [-0.1, -0.05) is 49.4 Å². The minimum atomic E-state index is -0.855. The number of carbonyl (C=O) groups is 2. The summed E-state index contributed by atoms with van der Waals surface area (Å²) in [6.45, 7) is 4.38. The number of benzene rings is 3. The third-order valence-corrected chi connectivity index (χ3v) is 5.61. The van der Waals surface area contributed by atoms with Gasteiger partial charge in [0.15, 0.2) is 0 Å². The zero-order chi connectivity index (χ0) is 23.5. The van der Waals surface area contributed by atoms with Crippen molar-refractivity contribution in [2.45, 2.75) is 26.3 Å². The SMILES string of the molecule is CCCOc1cccc(/C(O)=C2/C(=O)C(=O)N(c3ccccc3C)C2c2ccc(O)cc2)c1. The highest BCUT2D eigenvalue weighted by Crippen LogP contribution is 2.43. The standard InChI is InChI=1S/C27H25NO5/c1-3-15-33-21-9-6-8-19(16-21)25(30)23-24(18-11-13-20(29)14-12-18)28(27(32)26(23)31)22-10-5-4-7-17(22)2/h4-14,16,24,29-30H,3,15H2,1-2H3/b25-23-. The molecule has 1 unspecified atom stereocenters. The van der Waals surface area contributed by atoms with E-state index in [4.69, 9.17) is 4.74 Å². The Morgan fingerprint density at radius 3 is 2.42 bits per heavy atom. The van der Waals surface area contributed by atoms with Crippen LogP contribution < -0.4 is 9.64 Å². The van der Waals surface area contributed by atoms with Crippen molar-refractivity contribution in [1.82, 2.24) is 0 Å². The number of rotatable bonds is 6. The molecule has 0 radical (unpaired) electrons. The van der Waals surface area contributed by atoms with Crippen molar-refractivity contribution in [3.63, 3.8) is 0 Å². The lowest BCUT2D eigenvalue weighted by Crippen LogP contribution is -2.30. The number of aliphatic hydroxyl groups is 1. The number of ketones is 1. The number of para-hydroxylation sites is 1. The molecule has 1 aliphatic rings. The normalized spacial score (nSPS) is 17.4. The topological polar surface area (TPSA) is 87.1 Å². The van der Waals surface area contributed by atoms with Crippen molar-refractivity contribution < 1.29 is 24.5 Å². The number of carbonyl (C=O) groups excluding carboxylic acids is 2. The maximum atomic E-state index is 13.2. The highest BCUT2D eigenvalue weighted by Gasteiger charge is 2.47. The molecule has 1 atom stereocenters. The number of aryl methyl sites for hydroxylation is 1. The number of phenolic OH excluding ortho intramolecular Hbond substituents is 1. The lowest BCUT2D eigenvalue weighted by atomic mass is 9.94. The summed E-state index contributed by atoms with van der Waals surface area (Å²) in [5.74, 6) is -1.14. The van der Waals surface area contributed by atoms with Crippen LogP contribution in [0.2, 0.25) is 0 Å². The molecule has 1 amide bonds. The van der Waals surface area contributed by atoms with Crippen LogP contribution in [0.4, 0.5) is 5.69 Å². The van der Waals surface area contributed by atoms with E-state index in [1.54, 1.807) is 48.5 Å². The molecule has 1 heterocycles. The van der Waals surface area contributed by atoms with Gasteiger partial charge in [0, 0.05) is 11.3 Å². The van der Waals surface area contributed by atoms with Gasteiger partial charge in [0.2, 0.25) is 0 Å². The zero-order valence-corrected chi connectivity index (χ0v) is 18.5. The van der Waals surface area contributed by atoms with Gasteiger partial charge in [0.05, 0.1) is 18.2 Å². The number of hydrogen-bond donors (Lipinski definition) is 2. The summed E-state index contributed by atoms with van der Waals surface area (Å²) in [6, 6.07) is 19.5. The molecule has 3 aromatic rings. The summed E-state index contributed by atoms with van der Waals surface area (Å²) in [4.78, 5) is 27.9. The second kappa shape index (κ2) is 9.20. The summed E-state index contributed by atoms with van der Waals surface area (Å²) in [5, 5.41) is 21.0. The van der Waals surface area contributed by atoms with Gasteiger partial charge in [0.25, 0.3) is 11.7 Å². The average molecular weight is 443 g/mol. The van der Waals surface area contributed by atoms with Crippen molar-refractivity contribution in [1.29, 1.82) is 0 Å². The van der Waals surface area contributed by atoms with E-state index in [0.29, 0.717) is 29.2 Å². The van der Waals surface area contributed by atoms with Gasteiger partial charge in [-0.3, -0.25) is 14.5 Å². The Hall–Kier alpha value is -4.06. The van der Waals surface area contributed by atoms with Crippen LogP contribution in [0.3, 0.4) is 0 Å². The predicted octanol–water partition coefficient (Wildman–Crippen LogP) is 5.12. The fourth-order valence-corrected chi connectivity index (χ4v) is 4.00. The van der Waals surface area contributed by atoms with Crippen LogP contribution in [0.1, 0.15) is 36.1 Å². The molecule has 0 aliphatic carbocycles. The zero-order valence-electron chi connectivity index (χ0n) is 18.5. The molecule has 6 nitrogen and oxygen atoms in total. The number of aliphatic hydroxyl groups excluding tert-OH is 1. The van der Waals surface area contributed by atoms with Gasteiger partial charge >= 0.3 is 0 Å². The number of aromatic hydroxyl groups is 1.